The Labute approximate surface area is 79.2 Å². The third-order valence-electron chi connectivity index (χ3n) is 1.31. The van der Waals surface area contributed by atoms with Crippen molar-refractivity contribution in [2.45, 2.75) is 13.3 Å². The minimum Gasteiger partial charge on any atom is -0.487 e. The van der Waals surface area contributed by atoms with Crippen LogP contribution in [0.15, 0.2) is 24.3 Å². The van der Waals surface area contributed by atoms with Crippen LogP contribution in [0.2, 0.25) is 0 Å². The van der Waals surface area contributed by atoms with Gasteiger partial charge in [0, 0.05) is 0 Å². The van der Waals surface area contributed by atoms with Crippen molar-refractivity contribution in [3.8, 4) is 11.5 Å². The molecule has 0 N–H and O–H groups in total. The summed E-state index contributed by atoms with van der Waals surface area (Å²) in [7, 11) is 0. The molecule has 77 valence electrons. The molecule has 0 amide bonds. The minimum absolute atomic E-state index is 0.263. The zero-order chi connectivity index (χ0) is 10.6. The highest BCUT2D eigenvalue weighted by Crippen LogP contribution is 2.24. The minimum atomic E-state index is -4.65. The highest BCUT2D eigenvalue weighted by Gasteiger charge is 2.30. The lowest BCUT2D eigenvalue weighted by atomic mass is 10.3. The Morgan fingerprint density at radius 2 is 1.57 bits per heavy atom. The van der Waals surface area contributed by atoms with Gasteiger partial charge < -0.3 is 9.47 Å². The van der Waals surface area contributed by atoms with Crippen LogP contribution < -0.4 is 9.47 Å². The Morgan fingerprint density at radius 3 is 2.00 bits per heavy atom. The van der Waals surface area contributed by atoms with Crippen molar-refractivity contribution in [2.75, 3.05) is 0 Å². The summed E-state index contributed by atoms with van der Waals surface area (Å²) in [6.45, 7) is 3.10. The smallest absolute Gasteiger partial charge is 0.487 e. The Morgan fingerprint density at radius 1 is 1.07 bits per heavy atom. The van der Waals surface area contributed by atoms with Crippen LogP contribution in [0.1, 0.15) is 6.92 Å². The summed E-state index contributed by atoms with van der Waals surface area (Å²) < 4.78 is 43.8. The SMILES string of the molecule is C[CH]Oc1ccc(OC(F)(F)F)cc1. The number of halogens is 3. The third-order valence-corrected chi connectivity index (χ3v) is 1.31. The van der Waals surface area contributed by atoms with Gasteiger partial charge in [0.15, 0.2) is 0 Å². The van der Waals surface area contributed by atoms with E-state index in [0.717, 1.165) is 0 Å². The number of hydrogen-bond acceptors (Lipinski definition) is 2. The monoisotopic (exact) mass is 205 g/mol. The van der Waals surface area contributed by atoms with Gasteiger partial charge in [0.2, 0.25) is 0 Å². The molecular formula is C9H8F3O2. The fourth-order valence-corrected chi connectivity index (χ4v) is 0.856. The molecule has 0 aliphatic rings. The van der Waals surface area contributed by atoms with Crippen LogP contribution in [-0.2, 0) is 0 Å². The van der Waals surface area contributed by atoms with Crippen molar-refractivity contribution in [2.24, 2.45) is 0 Å². The van der Waals surface area contributed by atoms with Gasteiger partial charge in [0.05, 0.1) is 0 Å². The molecule has 1 rings (SSSR count). The second-order valence-corrected chi connectivity index (χ2v) is 2.37. The molecule has 0 aliphatic carbocycles. The van der Waals surface area contributed by atoms with E-state index in [2.05, 4.69) is 4.74 Å². The van der Waals surface area contributed by atoms with Crippen LogP contribution in [-0.4, -0.2) is 6.36 Å². The second kappa shape index (κ2) is 4.21. The number of alkyl halides is 3. The molecule has 0 aromatic heterocycles. The average molecular weight is 205 g/mol. The largest absolute Gasteiger partial charge is 0.573 e. The first kappa shape index (κ1) is 10.7. The molecule has 0 heterocycles. The Balaban J connectivity index is 2.64. The van der Waals surface area contributed by atoms with Gasteiger partial charge in [-0.2, -0.15) is 0 Å². The lowest BCUT2D eigenvalue weighted by molar-refractivity contribution is -0.274. The van der Waals surface area contributed by atoms with E-state index in [0.29, 0.717) is 5.75 Å². The number of benzene rings is 1. The summed E-state index contributed by atoms with van der Waals surface area (Å²) in [4.78, 5) is 0. The van der Waals surface area contributed by atoms with Crippen molar-refractivity contribution in [3.63, 3.8) is 0 Å². The zero-order valence-electron chi connectivity index (χ0n) is 7.34. The molecule has 0 aliphatic heterocycles. The lowest BCUT2D eigenvalue weighted by Crippen LogP contribution is -2.16. The topological polar surface area (TPSA) is 18.5 Å². The van der Waals surface area contributed by atoms with Gasteiger partial charge in [-0.25, -0.2) is 0 Å². The Hall–Kier alpha value is -1.39. The fourth-order valence-electron chi connectivity index (χ4n) is 0.856. The van der Waals surface area contributed by atoms with E-state index in [1.54, 1.807) is 6.92 Å². The van der Waals surface area contributed by atoms with Gasteiger partial charge in [-0.15, -0.1) is 13.2 Å². The predicted octanol–water partition coefficient (Wildman–Crippen LogP) is 3.15. The summed E-state index contributed by atoms with van der Waals surface area (Å²) in [6, 6.07) is 5.15. The van der Waals surface area contributed by atoms with Crippen molar-refractivity contribution in [1.82, 2.24) is 0 Å². The normalized spacial score (nSPS) is 11.1. The van der Waals surface area contributed by atoms with E-state index >= 15 is 0 Å². The van der Waals surface area contributed by atoms with E-state index in [4.69, 9.17) is 4.74 Å². The van der Waals surface area contributed by atoms with Crippen LogP contribution in [0.5, 0.6) is 11.5 Å². The first-order chi connectivity index (χ1) is 6.51. The first-order valence-corrected chi connectivity index (χ1v) is 3.81. The summed E-state index contributed by atoms with van der Waals surface area (Å²) in [6.07, 6.45) is -4.65. The average Bonchev–Trinajstić information content (AvgIpc) is 2.06. The molecular weight excluding hydrogens is 197 g/mol. The van der Waals surface area contributed by atoms with E-state index in [-0.39, 0.29) is 5.75 Å². The Kier molecular flexibility index (Phi) is 3.22. The molecule has 0 bridgehead atoms. The van der Waals surface area contributed by atoms with Crippen LogP contribution in [0, 0.1) is 6.61 Å². The molecule has 1 aromatic carbocycles. The molecule has 14 heavy (non-hydrogen) atoms. The summed E-state index contributed by atoms with van der Waals surface area (Å²) in [5.41, 5.74) is 0. The molecule has 0 atom stereocenters. The van der Waals surface area contributed by atoms with Crippen molar-refractivity contribution >= 4 is 0 Å². The first-order valence-electron chi connectivity index (χ1n) is 3.81. The molecule has 1 radical (unpaired) electrons. The molecule has 5 heteroatoms. The fraction of sp³-hybridized carbons (Fsp3) is 0.222. The maximum Gasteiger partial charge on any atom is 0.573 e. The molecule has 1 aromatic rings. The van der Waals surface area contributed by atoms with Crippen LogP contribution in [0.4, 0.5) is 13.2 Å². The number of rotatable bonds is 3. The van der Waals surface area contributed by atoms with Crippen molar-refractivity contribution in [1.29, 1.82) is 0 Å². The van der Waals surface area contributed by atoms with Crippen molar-refractivity contribution < 1.29 is 22.6 Å². The molecule has 2 nitrogen and oxygen atoms in total. The van der Waals surface area contributed by atoms with Crippen LogP contribution >= 0.6 is 0 Å². The summed E-state index contributed by atoms with van der Waals surface area (Å²) in [5.74, 6) is 0.197. The molecule has 0 unspecified atom stereocenters. The highest BCUT2D eigenvalue weighted by molar-refractivity contribution is 5.31. The molecule has 0 fully saturated rings. The maximum atomic E-state index is 11.7. The predicted molar refractivity (Wildman–Crippen MR) is 43.7 cm³/mol. The number of hydrogen-bond donors (Lipinski definition) is 0. The highest BCUT2D eigenvalue weighted by atomic mass is 19.4. The zero-order valence-corrected chi connectivity index (χ0v) is 7.34. The van der Waals surface area contributed by atoms with Gasteiger partial charge in [-0.1, -0.05) is 0 Å². The molecule has 0 saturated carbocycles. The Bertz CT molecular complexity index is 279. The van der Waals surface area contributed by atoms with Gasteiger partial charge in [-0.05, 0) is 31.2 Å². The van der Waals surface area contributed by atoms with Gasteiger partial charge >= 0.3 is 6.36 Å². The van der Waals surface area contributed by atoms with Gasteiger partial charge in [0.25, 0.3) is 0 Å². The summed E-state index contributed by atoms with van der Waals surface area (Å²) >= 11 is 0. The van der Waals surface area contributed by atoms with E-state index in [1.165, 1.54) is 30.9 Å². The van der Waals surface area contributed by atoms with Crippen LogP contribution in [0.3, 0.4) is 0 Å². The van der Waals surface area contributed by atoms with Crippen LogP contribution in [0.25, 0.3) is 0 Å². The standard InChI is InChI=1S/C9H8F3O2/c1-2-13-7-3-5-8(6-4-7)14-9(10,11)12/h2-6H,1H3. The van der Waals surface area contributed by atoms with E-state index in [9.17, 15) is 13.2 Å². The number of ether oxygens (including phenoxy) is 2. The second-order valence-electron chi connectivity index (χ2n) is 2.37. The van der Waals surface area contributed by atoms with Gasteiger partial charge in [-0.3, -0.25) is 0 Å². The molecule has 0 spiro atoms. The summed E-state index contributed by atoms with van der Waals surface area (Å²) in [5, 5.41) is 0. The van der Waals surface area contributed by atoms with Crippen molar-refractivity contribution in [3.05, 3.63) is 30.9 Å². The quantitative estimate of drug-likeness (QED) is 0.754. The van der Waals surface area contributed by atoms with Gasteiger partial charge in [0.1, 0.15) is 18.1 Å². The third kappa shape index (κ3) is 3.55. The molecule has 0 saturated heterocycles. The maximum absolute atomic E-state index is 11.7. The van der Waals surface area contributed by atoms with E-state index < -0.39 is 6.36 Å². The lowest BCUT2D eigenvalue weighted by Gasteiger charge is -2.09. The van der Waals surface area contributed by atoms with E-state index in [1.807, 2.05) is 0 Å².